The molecule has 1 nitrogen and oxygen atoms in total. The average molecular weight is 280 g/mol. The van der Waals surface area contributed by atoms with Gasteiger partial charge in [0.25, 0.3) is 0 Å². The number of hydrogen-bond acceptors (Lipinski definition) is 2. The molecule has 100 valence electrons. The molecule has 0 aliphatic carbocycles. The zero-order chi connectivity index (χ0) is 13.8. The van der Waals surface area contributed by atoms with Crippen molar-refractivity contribution in [2.24, 2.45) is 0 Å². The second kappa shape index (κ2) is 6.17. The van der Waals surface area contributed by atoms with Crippen molar-refractivity contribution in [1.82, 2.24) is 0 Å². The lowest BCUT2D eigenvalue weighted by molar-refractivity contribution is 0.203. The van der Waals surface area contributed by atoms with Crippen LogP contribution in [0.3, 0.4) is 0 Å². The Morgan fingerprint density at radius 1 is 1.11 bits per heavy atom. The van der Waals surface area contributed by atoms with Crippen molar-refractivity contribution in [1.29, 1.82) is 0 Å². The minimum absolute atomic E-state index is 0.294. The molecular weight excluding hydrogens is 266 g/mol. The zero-order valence-corrected chi connectivity index (χ0v) is 11.3. The van der Waals surface area contributed by atoms with Crippen LogP contribution in [0.5, 0.6) is 0 Å². The Morgan fingerprint density at radius 3 is 2.53 bits per heavy atom. The summed E-state index contributed by atoms with van der Waals surface area (Å²) in [5.41, 5.74) is 1.41. The normalized spacial score (nSPS) is 12.4. The van der Waals surface area contributed by atoms with E-state index in [9.17, 15) is 13.9 Å². The highest BCUT2D eigenvalue weighted by molar-refractivity contribution is 7.99. The summed E-state index contributed by atoms with van der Waals surface area (Å²) in [6, 6.07) is 10.5. The second-order valence-electron chi connectivity index (χ2n) is 4.29. The number of hydrogen-bond donors (Lipinski definition) is 1. The molecule has 1 N–H and O–H groups in total. The van der Waals surface area contributed by atoms with Crippen molar-refractivity contribution >= 4 is 11.8 Å². The monoisotopic (exact) mass is 280 g/mol. The Balaban J connectivity index is 2.03. The standard InChI is InChI=1S/C15H14F2OS/c1-10-7-12(17)5-6-14(10)15(18)9-19-13-4-2-3-11(16)8-13/h2-8,15,18H,9H2,1H3. The molecule has 0 aliphatic heterocycles. The number of thioether (sulfide) groups is 1. The molecule has 1 atom stereocenters. The van der Waals surface area contributed by atoms with Gasteiger partial charge in [0.2, 0.25) is 0 Å². The van der Waals surface area contributed by atoms with E-state index >= 15 is 0 Å². The zero-order valence-electron chi connectivity index (χ0n) is 10.4. The van der Waals surface area contributed by atoms with Crippen molar-refractivity contribution in [3.05, 3.63) is 65.2 Å². The van der Waals surface area contributed by atoms with E-state index in [2.05, 4.69) is 0 Å². The second-order valence-corrected chi connectivity index (χ2v) is 5.38. The molecule has 0 fully saturated rings. The van der Waals surface area contributed by atoms with E-state index in [4.69, 9.17) is 0 Å². The largest absolute Gasteiger partial charge is 0.388 e. The van der Waals surface area contributed by atoms with Gasteiger partial charge >= 0.3 is 0 Å². The highest BCUT2D eigenvalue weighted by Gasteiger charge is 2.11. The van der Waals surface area contributed by atoms with Crippen LogP contribution in [0.4, 0.5) is 8.78 Å². The summed E-state index contributed by atoms with van der Waals surface area (Å²) in [6.45, 7) is 1.76. The van der Waals surface area contributed by atoms with Gasteiger partial charge in [-0.15, -0.1) is 11.8 Å². The first-order valence-electron chi connectivity index (χ1n) is 5.89. The van der Waals surface area contributed by atoms with Crippen LogP contribution in [-0.4, -0.2) is 10.9 Å². The topological polar surface area (TPSA) is 20.2 Å². The lowest BCUT2D eigenvalue weighted by Gasteiger charge is -2.13. The summed E-state index contributed by atoms with van der Waals surface area (Å²) < 4.78 is 26.0. The van der Waals surface area contributed by atoms with Crippen LogP contribution in [0.2, 0.25) is 0 Å². The molecule has 0 saturated carbocycles. The predicted octanol–water partition coefficient (Wildman–Crippen LogP) is 4.10. The molecule has 0 saturated heterocycles. The summed E-state index contributed by atoms with van der Waals surface area (Å²) in [7, 11) is 0. The quantitative estimate of drug-likeness (QED) is 0.851. The van der Waals surface area contributed by atoms with Crippen molar-refractivity contribution < 1.29 is 13.9 Å². The van der Waals surface area contributed by atoms with Gasteiger partial charge in [0.05, 0.1) is 6.10 Å². The first-order valence-corrected chi connectivity index (χ1v) is 6.87. The number of benzene rings is 2. The predicted molar refractivity (Wildman–Crippen MR) is 73.2 cm³/mol. The third-order valence-electron chi connectivity index (χ3n) is 2.79. The Morgan fingerprint density at radius 2 is 1.84 bits per heavy atom. The van der Waals surface area contributed by atoms with E-state index in [1.54, 1.807) is 25.1 Å². The van der Waals surface area contributed by atoms with Gasteiger partial charge < -0.3 is 5.11 Å². The lowest BCUT2D eigenvalue weighted by atomic mass is 10.0. The molecule has 0 bridgehead atoms. The van der Waals surface area contributed by atoms with Gasteiger partial charge in [0.15, 0.2) is 0 Å². The van der Waals surface area contributed by atoms with E-state index in [1.165, 1.54) is 36.0 Å². The SMILES string of the molecule is Cc1cc(F)ccc1C(O)CSc1cccc(F)c1. The number of rotatable bonds is 4. The van der Waals surface area contributed by atoms with Crippen molar-refractivity contribution in [2.75, 3.05) is 5.75 Å². The highest BCUT2D eigenvalue weighted by Crippen LogP contribution is 2.27. The molecule has 0 amide bonds. The van der Waals surface area contributed by atoms with Crippen LogP contribution < -0.4 is 0 Å². The number of aliphatic hydroxyl groups is 1. The molecule has 1 unspecified atom stereocenters. The summed E-state index contributed by atoms with van der Waals surface area (Å²) in [5.74, 6) is -0.209. The van der Waals surface area contributed by atoms with Crippen LogP contribution in [0.1, 0.15) is 17.2 Å². The third-order valence-corrected chi connectivity index (χ3v) is 3.86. The minimum atomic E-state index is -0.700. The van der Waals surface area contributed by atoms with Crippen LogP contribution >= 0.6 is 11.8 Å². The maximum absolute atomic E-state index is 13.0. The van der Waals surface area contributed by atoms with Gasteiger partial charge in [-0.25, -0.2) is 8.78 Å². The summed E-state index contributed by atoms with van der Waals surface area (Å²) >= 11 is 1.37. The Hall–Kier alpha value is -1.39. The molecule has 4 heteroatoms. The third kappa shape index (κ3) is 3.78. The summed E-state index contributed by atoms with van der Waals surface area (Å²) in [4.78, 5) is 0.763. The van der Waals surface area contributed by atoms with Crippen LogP contribution in [-0.2, 0) is 0 Å². The molecule has 2 rings (SSSR count). The molecule has 0 heterocycles. The summed E-state index contributed by atoms with van der Waals surface area (Å²) in [6.07, 6.45) is -0.700. The fraction of sp³-hybridized carbons (Fsp3) is 0.200. The first kappa shape index (κ1) is 14.0. The van der Waals surface area contributed by atoms with Crippen molar-refractivity contribution in [2.45, 2.75) is 17.9 Å². The van der Waals surface area contributed by atoms with Gasteiger partial charge in [0.1, 0.15) is 11.6 Å². The van der Waals surface area contributed by atoms with Gasteiger partial charge in [-0.05, 0) is 48.4 Å². The van der Waals surface area contributed by atoms with Crippen LogP contribution in [0.15, 0.2) is 47.4 Å². The minimum Gasteiger partial charge on any atom is -0.388 e. The fourth-order valence-electron chi connectivity index (χ4n) is 1.83. The number of halogens is 2. The number of aryl methyl sites for hydroxylation is 1. The van der Waals surface area contributed by atoms with Gasteiger partial charge in [-0.3, -0.25) is 0 Å². The average Bonchev–Trinajstić information content (AvgIpc) is 2.36. The Bertz CT molecular complexity index is 572. The van der Waals surface area contributed by atoms with Crippen LogP contribution in [0.25, 0.3) is 0 Å². The Labute approximate surface area is 115 Å². The first-order chi connectivity index (χ1) is 9.06. The van der Waals surface area contributed by atoms with Crippen molar-refractivity contribution in [3.63, 3.8) is 0 Å². The molecule has 2 aromatic rings. The van der Waals surface area contributed by atoms with E-state index in [1.807, 2.05) is 0 Å². The molecule has 0 radical (unpaired) electrons. The van der Waals surface area contributed by atoms with E-state index in [0.29, 0.717) is 16.9 Å². The molecule has 19 heavy (non-hydrogen) atoms. The molecule has 2 aromatic carbocycles. The maximum atomic E-state index is 13.0. The summed E-state index contributed by atoms with van der Waals surface area (Å²) in [5, 5.41) is 10.1. The Kier molecular flexibility index (Phi) is 4.56. The van der Waals surface area contributed by atoms with E-state index in [0.717, 1.165) is 4.90 Å². The van der Waals surface area contributed by atoms with Gasteiger partial charge in [-0.2, -0.15) is 0 Å². The van der Waals surface area contributed by atoms with Gasteiger partial charge in [-0.1, -0.05) is 12.1 Å². The van der Waals surface area contributed by atoms with Crippen molar-refractivity contribution in [3.8, 4) is 0 Å². The van der Waals surface area contributed by atoms with Crippen LogP contribution in [0, 0.1) is 18.6 Å². The molecular formula is C15H14F2OS. The molecule has 0 spiro atoms. The number of aliphatic hydroxyl groups excluding tert-OH is 1. The van der Waals surface area contributed by atoms with E-state index in [-0.39, 0.29) is 11.6 Å². The molecule has 0 aliphatic rings. The fourth-order valence-corrected chi connectivity index (χ4v) is 2.74. The maximum Gasteiger partial charge on any atom is 0.124 e. The smallest absolute Gasteiger partial charge is 0.124 e. The van der Waals surface area contributed by atoms with Gasteiger partial charge in [0, 0.05) is 10.6 Å². The van der Waals surface area contributed by atoms with E-state index < -0.39 is 6.10 Å². The highest BCUT2D eigenvalue weighted by atomic mass is 32.2. The molecule has 0 aromatic heterocycles. The lowest BCUT2D eigenvalue weighted by Crippen LogP contribution is -2.03.